The number of anilines is 1. The summed E-state index contributed by atoms with van der Waals surface area (Å²) in [5.41, 5.74) is 2.44. The summed E-state index contributed by atoms with van der Waals surface area (Å²) in [5, 5.41) is 3.26. The van der Waals surface area contributed by atoms with Crippen LogP contribution in [0.15, 0.2) is 24.3 Å². The Labute approximate surface area is 127 Å². The van der Waals surface area contributed by atoms with Crippen molar-refractivity contribution in [2.45, 2.75) is 13.8 Å². The van der Waals surface area contributed by atoms with Gasteiger partial charge in [-0.3, -0.25) is 4.79 Å². The molecule has 0 saturated heterocycles. The molecule has 1 aromatic heterocycles. The maximum absolute atomic E-state index is 12.3. The molecule has 0 aliphatic carbocycles. The molecular weight excluding hydrogens is 292 g/mol. The number of benzene rings is 1. The number of nitrogens with one attached hydrogen (secondary N) is 2. The van der Waals surface area contributed by atoms with Gasteiger partial charge in [0.15, 0.2) is 0 Å². The number of aryl methyl sites for hydroxylation is 1. The van der Waals surface area contributed by atoms with Gasteiger partial charge in [-0.25, -0.2) is 4.79 Å². The molecule has 1 heterocycles. The maximum Gasteiger partial charge on any atom is 0.339 e. The highest BCUT2D eigenvalue weighted by molar-refractivity contribution is 6.31. The molecule has 2 rings (SSSR count). The van der Waals surface area contributed by atoms with Gasteiger partial charge < -0.3 is 15.0 Å². The van der Waals surface area contributed by atoms with Crippen molar-refractivity contribution in [2.75, 3.05) is 12.4 Å². The van der Waals surface area contributed by atoms with Crippen LogP contribution in [0, 0.1) is 13.8 Å². The molecule has 0 radical (unpaired) electrons. The summed E-state index contributed by atoms with van der Waals surface area (Å²) in [4.78, 5) is 26.9. The number of hydrogen-bond donors (Lipinski definition) is 2. The fraction of sp³-hybridized carbons (Fsp3) is 0.200. The van der Waals surface area contributed by atoms with Crippen LogP contribution in [-0.2, 0) is 4.74 Å². The van der Waals surface area contributed by atoms with Crippen LogP contribution < -0.4 is 5.32 Å². The first kappa shape index (κ1) is 15.1. The first-order chi connectivity index (χ1) is 9.93. The van der Waals surface area contributed by atoms with Gasteiger partial charge in [-0.05, 0) is 37.6 Å². The highest BCUT2D eigenvalue weighted by Crippen LogP contribution is 2.21. The average molecular weight is 307 g/mol. The molecule has 2 N–H and O–H groups in total. The Morgan fingerprint density at radius 1 is 1.29 bits per heavy atom. The molecule has 0 unspecified atom stereocenters. The van der Waals surface area contributed by atoms with Crippen LogP contribution in [0.3, 0.4) is 0 Å². The normalized spacial score (nSPS) is 10.3. The summed E-state index contributed by atoms with van der Waals surface area (Å²) in [6.45, 7) is 3.41. The molecule has 110 valence electrons. The molecular formula is C15H15ClN2O3. The minimum atomic E-state index is -0.469. The summed E-state index contributed by atoms with van der Waals surface area (Å²) in [6, 6.07) is 6.84. The Kier molecular flexibility index (Phi) is 4.33. The molecule has 0 saturated carbocycles. The van der Waals surface area contributed by atoms with Crippen molar-refractivity contribution in [2.24, 2.45) is 0 Å². The van der Waals surface area contributed by atoms with Crippen molar-refractivity contribution >= 4 is 29.2 Å². The topological polar surface area (TPSA) is 71.2 Å². The number of methoxy groups -OCH3 is 1. The number of H-pyrrole nitrogens is 1. The van der Waals surface area contributed by atoms with Gasteiger partial charge in [0.05, 0.1) is 12.7 Å². The number of rotatable bonds is 3. The van der Waals surface area contributed by atoms with E-state index in [9.17, 15) is 9.59 Å². The van der Waals surface area contributed by atoms with E-state index in [-0.39, 0.29) is 5.91 Å². The van der Waals surface area contributed by atoms with Crippen molar-refractivity contribution in [3.05, 3.63) is 51.8 Å². The molecule has 0 spiro atoms. The summed E-state index contributed by atoms with van der Waals surface area (Å²) >= 11 is 5.87. The van der Waals surface area contributed by atoms with Crippen molar-refractivity contribution in [1.82, 2.24) is 4.98 Å². The molecule has 1 amide bonds. The lowest BCUT2D eigenvalue weighted by Crippen LogP contribution is -2.14. The Morgan fingerprint density at radius 3 is 2.62 bits per heavy atom. The third-order valence-corrected chi connectivity index (χ3v) is 3.37. The molecule has 5 nitrogen and oxygen atoms in total. The third-order valence-electron chi connectivity index (χ3n) is 3.14. The monoisotopic (exact) mass is 306 g/mol. The minimum Gasteiger partial charge on any atom is -0.465 e. The van der Waals surface area contributed by atoms with Gasteiger partial charge >= 0.3 is 5.97 Å². The molecule has 6 heteroatoms. The van der Waals surface area contributed by atoms with Crippen molar-refractivity contribution in [3.63, 3.8) is 0 Å². The standard InChI is InChI=1S/C15H15ClN2O3/c1-8-12(15(20)21-3)9(2)17-13(8)14(19)18-11-6-4-5-10(16)7-11/h4-7,17H,1-3H3,(H,18,19). The number of ether oxygens (including phenoxy) is 1. The number of esters is 1. The minimum absolute atomic E-state index is 0.327. The quantitative estimate of drug-likeness (QED) is 0.854. The third kappa shape index (κ3) is 3.08. The lowest BCUT2D eigenvalue weighted by molar-refractivity contribution is 0.0599. The van der Waals surface area contributed by atoms with Gasteiger partial charge in [-0.15, -0.1) is 0 Å². The number of carbonyl (C=O) groups is 2. The predicted molar refractivity (Wildman–Crippen MR) is 81.0 cm³/mol. The zero-order valence-corrected chi connectivity index (χ0v) is 12.7. The van der Waals surface area contributed by atoms with Crippen LogP contribution in [-0.4, -0.2) is 24.0 Å². The Morgan fingerprint density at radius 2 is 2.00 bits per heavy atom. The summed E-state index contributed by atoms with van der Waals surface area (Å²) in [5.74, 6) is -0.809. The number of aromatic amines is 1. The lowest BCUT2D eigenvalue weighted by Gasteiger charge is -2.05. The zero-order chi connectivity index (χ0) is 15.6. The van der Waals surface area contributed by atoms with E-state index in [1.165, 1.54) is 7.11 Å². The fourth-order valence-electron chi connectivity index (χ4n) is 2.15. The second kappa shape index (κ2) is 6.01. The van der Waals surface area contributed by atoms with Gasteiger partial charge in [0.2, 0.25) is 0 Å². The van der Waals surface area contributed by atoms with E-state index in [0.29, 0.717) is 33.2 Å². The second-order valence-corrected chi connectivity index (χ2v) is 5.02. The van der Waals surface area contributed by atoms with E-state index in [2.05, 4.69) is 10.3 Å². The SMILES string of the molecule is COC(=O)c1c(C)[nH]c(C(=O)Nc2cccc(Cl)c2)c1C. The van der Waals surface area contributed by atoms with E-state index in [4.69, 9.17) is 16.3 Å². The maximum atomic E-state index is 12.3. The molecule has 0 bridgehead atoms. The zero-order valence-electron chi connectivity index (χ0n) is 11.9. The summed E-state index contributed by atoms with van der Waals surface area (Å²) in [7, 11) is 1.31. The van der Waals surface area contributed by atoms with Crippen LogP contribution >= 0.6 is 11.6 Å². The molecule has 21 heavy (non-hydrogen) atoms. The van der Waals surface area contributed by atoms with Gasteiger partial charge in [0.1, 0.15) is 5.69 Å². The average Bonchev–Trinajstić information content (AvgIpc) is 2.73. The molecule has 1 aromatic carbocycles. The molecule has 2 aromatic rings. The van der Waals surface area contributed by atoms with Crippen molar-refractivity contribution < 1.29 is 14.3 Å². The van der Waals surface area contributed by atoms with E-state index in [0.717, 1.165) is 0 Å². The van der Waals surface area contributed by atoms with Crippen LogP contribution in [0.4, 0.5) is 5.69 Å². The predicted octanol–water partition coefficient (Wildman–Crippen LogP) is 3.32. The van der Waals surface area contributed by atoms with Crippen LogP contribution in [0.2, 0.25) is 5.02 Å². The lowest BCUT2D eigenvalue weighted by atomic mass is 10.1. The smallest absolute Gasteiger partial charge is 0.339 e. The van der Waals surface area contributed by atoms with E-state index < -0.39 is 5.97 Å². The van der Waals surface area contributed by atoms with Crippen LogP contribution in [0.1, 0.15) is 32.1 Å². The van der Waals surface area contributed by atoms with Crippen molar-refractivity contribution in [3.8, 4) is 0 Å². The Balaban J connectivity index is 2.30. The van der Waals surface area contributed by atoms with Gasteiger partial charge in [0, 0.05) is 16.4 Å². The van der Waals surface area contributed by atoms with Gasteiger partial charge in [-0.2, -0.15) is 0 Å². The van der Waals surface area contributed by atoms with E-state index >= 15 is 0 Å². The highest BCUT2D eigenvalue weighted by atomic mass is 35.5. The van der Waals surface area contributed by atoms with Crippen LogP contribution in [0.5, 0.6) is 0 Å². The summed E-state index contributed by atoms with van der Waals surface area (Å²) < 4.78 is 4.72. The first-order valence-corrected chi connectivity index (χ1v) is 6.66. The largest absolute Gasteiger partial charge is 0.465 e. The van der Waals surface area contributed by atoms with Gasteiger partial charge in [-0.1, -0.05) is 17.7 Å². The van der Waals surface area contributed by atoms with Crippen molar-refractivity contribution in [1.29, 1.82) is 0 Å². The summed E-state index contributed by atoms with van der Waals surface area (Å²) in [6.07, 6.45) is 0. The van der Waals surface area contributed by atoms with Gasteiger partial charge in [0.25, 0.3) is 5.91 Å². The number of halogens is 1. The molecule has 0 aliphatic heterocycles. The highest BCUT2D eigenvalue weighted by Gasteiger charge is 2.22. The second-order valence-electron chi connectivity index (χ2n) is 4.58. The molecule has 0 aliphatic rings. The number of carbonyl (C=O) groups excluding carboxylic acids is 2. The van der Waals surface area contributed by atoms with Crippen LogP contribution in [0.25, 0.3) is 0 Å². The molecule has 0 atom stereocenters. The Bertz CT molecular complexity index is 707. The van der Waals surface area contributed by atoms with E-state index in [1.807, 2.05) is 0 Å². The molecule has 0 fully saturated rings. The van der Waals surface area contributed by atoms with E-state index in [1.54, 1.807) is 38.1 Å². The fourth-order valence-corrected chi connectivity index (χ4v) is 2.34. The Hall–Kier alpha value is -2.27. The first-order valence-electron chi connectivity index (χ1n) is 6.28. The number of amides is 1. The number of hydrogen-bond acceptors (Lipinski definition) is 3. The number of aromatic nitrogens is 1.